The summed E-state index contributed by atoms with van der Waals surface area (Å²) in [5.41, 5.74) is 3.30. The van der Waals surface area contributed by atoms with Gasteiger partial charge in [-0.3, -0.25) is 14.8 Å². The molecule has 0 radical (unpaired) electrons. The number of anilines is 1. The van der Waals surface area contributed by atoms with Gasteiger partial charge in [-0.15, -0.1) is 5.10 Å². The minimum absolute atomic E-state index is 0.209. The molecule has 6 heterocycles. The Balaban J connectivity index is 1.21. The van der Waals surface area contributed by atoms with Crippen LogP contribution in [0.2, 0.25) is 0 Å². The second-order valence-corrected chi connectivity index (χ2v) is 12.8. The average Bonchev–Trinajstić information content (AvgIpc) is 3.59. The zero-order valence-corrected chi connectivity index (χ0v) is 26.1. The van der Waals surface area contributed by atoms with Crippen molar-refractivity contribution in [2.24, 2.45) is 11.3 Å². The average molecular weight is 588 g/mol. The number of rotatable bonds is 9. The molecular weight excluding hydrogens is 542 g/mol. The van der Waals surface area contributed by atoms with E-state index in [1.807, 2.05) is 36.1 Å². The third-order valence-corrected chi connectivity index (χ3v) is 9.24. The second kappa shape index (κ2) is 12.1. The van der Waals surface area contributed by atoms with Crippen molar-refractivity contribution < 1.29 is 9.53 Å². The van der Waals surface area contributed by atoms with Crippen molar-refractivity contribution in [3.8, 4) is 16.9 Å². The number of hydrogen-bond acceptors (Lipinski definition) is 8. The molecule has 0 spiro atoms. The summed E-state index contributed by atoms with van der Waals surface area (Å²) >= 11 is 0. The van der Waals surface area contributed by atoms with Crippen LogP contribution in [-0.4, -0.2) is 106 Å². The first-order chi connectivity index (χ1) is 20.8. The first-order valence-electron chi connectivity index (χ1n) is 15.7. The first kappa shape index (κ1) is 29.4. The Morgan fingerprint density at radius 3 is 2.70 bits per heavy atom. The van der Waals surface area contributed by atoms with Crippen LogP contribution in [0.5, 0.6) is 5.75 Å². The number of piperazine rings is 1. The summed E-state index contributed by atoms with van der Waals surface area (Å²) in [5.74, 6) is 2.33. The van der Waals surface area contributed by atoms with E-state index in [1.165, 1.54) is 0 Å². The molecule has 4 aromatic rings. The van der Waals surface area contributed by atoms with Crippen LogP contribution >= 0.6 is 0 Å². The minimum atomic E-state index is -0.385. The highest BCUT2D eigenvalue weighted by Crippen LogP contribution is 2.37. The highest BCUT2D eigenvalue weighted by atomic mass is 16.5. The molecule has 11 heteroatoms. The Hall–Kier alpha value is -3.70. The third-order valence-electron chi connectivity index (χ3n) is 9.24. The van der Waals surface area contributed by atoms with Crippen molar-refractivity contribution >= 4 is 28.3 Å². The molecule has 6 rings (SSSR count). The number of ether oxygens (including phenoxy) is 1. The van der Waals surface area contributed by atoms with E-state index in [0.717, 1.165) is 91.4 Å². The SMILES string of the molecule is CCOc1cc(-c2ccc(N3CCC(CN4CCN(C)[C@@H](C)C4)(C(=O)NCC(C)C)CC3)nc2)c2c3cn[nH]c3nn2c1. The van der Waals surface area contributed by atoms with Gasteiger partial charge in [0.2, 0.25) is 5.91 Å². The maximum atomic E-state index is 13.7. The van der Waals surface area contributed by atoms with Crippen LogP contribution in [0.15, 0.2) is 36.8 Å². The number of amides is 1. The van der Waals surface area contributed by atoms with Crippen LogP contribution in [0, 0.1) is 11.3 Å². The Labute approximate surface area is 253 Å². The number of nitrogens with zero attached hydrogens (tertiary/aromatic N) is 7. The quantitative estimate of drug-likeness (QED) is 0.306. The van der Waals surface area contributed by atoms with E-state index in [0.29, 0.717) is 25.1 Å². The Bertz CT molecular complexity index is 1550. The molecule has 2 fully saturated rings. The molecule has 2 N–H and O–H groups in total. The van der Waals surface area contributed by atoms with E-state index >= 15 is 0 Å². The van der Waals surface area contributed by atoms with Crippen molar-refractivity contribution in [1.82, 2.24) is 39.9 Å². The van der Waals surface area contributed by atoms with Gasteiger partial charge in [0.25, 0.3) is 0 Å². The van der Waals surface area contributed by atoms with Gasteiger partial charge in [-0.1, -0.05) is 13.8 Å². The minimum Gasteiger partial charge on any atom is -0.492 e. The number of pyridine rings is 2. The largest absolute Gasteiger partial charge is 0.492 e. The van der Waals surface area contributed by atoms with Crippen LogP contribution in [0.1, 0.15) is 40.5 Å². The summed E-state index contributed by atoms with van der Waals surface area (Å²) in [7, 11) is 2.19. The van der Waals surface area contributed by atoms with Crippen molar-refractivity contribution in [2.45, 2.75) is 46.6 Å². The third kappa shape index (κ3) is 5.92. The molecule has 11 nitrogen and oxygen atoms in total. The van der Waals surface area contributed by atoms with Crippen molar-refractivity contribution in [3.05, 3.63) is 36.8 Å². The van der Waals surface area contributed by atoms with E-state index in [4.69, 9.17) is 9.72 Å². The fourth-order valence-corrected chi connectivity index (χ4v) is 6.54. The molecule has 2 saturated heterocycles. The normalized spacial score (nSPS) is 19.9. The molecule has 0 bridgehead atoms. The van der Waals surface area contributed by atoms with Gasteiger partial charge in [0.15, 0.2) is 5.65 Å². The number of fused-ring (bicyclic) bond motifs is 3. The highest BCUT2D eigenvalue weighted by Gasteiger charge is 2.43. The topological polar surface area (TPSA) is 107 Å². The predicted octanol–water partition coefficient (Wildman–Crippen LogP) is 3.67. The van der Waals surface area contributed by atoms with Gasteiger partial charge in [0.1, 0.15) is 11.6 Å². The summed E-state index contributed by atoms with van der Waals surface area (Å²) in [6, 6.07) is 6.76. The van der Waals surface area contributed by atoms with Gasteiger partial charge >= 0.3 is 0 Å². The summed E-state index contributed by atoms with van der Waals surface area (Å²) in [6.07, 6.45) is 7.27. The van der Waals surface area contributed by atoms with E-state index in [1.54, 1.807) is 0 Å². The van der Waals surface area contributed by atoms with Gasteiger partial charge < -0.3 is 19.9 Å². The molecule has 2 aliphatic rings. The summed E-state index contributed by atoms with van der Waals surface area (Å²) in [4.78, 5) is 25.9. The molecule has 0 unspecified atom stereocenters. The van der Waals surface area contributed by atoms with E-state index in [9.17, 15) is 4.79 Å². The number of piperidine rings is 1. The monoisotopic (exact) mass is 587 g/mol. The standard InChI is InChI=1S/C32H45N9O2/c1-6-43-25-15-26(29-27-18-35-36-30(27)37-41(29)20-25)24-7-8-28(33-17-24)40-11-9-32(10-12-40,31(42)34-16-22(2)3)21-39-14-13-38(5)23(4)19-39/h7-8,15,17-18,20,22-23H,6,9-14,16,19,21H2,1-5H3,(H,34,42)(H,36,37)/t23-/m0/s1. The number of hydrogen-bond donors (Lipinski definition) is 2. The lowest BCUT2D eigenvalue weighted by atomic mass is 9.76. The van der Waals surface area contributed by atoms with E-state index in [2.05, 4.69) is 75.3 Å². The number of aromatic nitrogens is 5. The van der Waals surface area contributed by atoms with Crippen LogP contribution in [0.25, 0.3) is 27.7 Å². The van der Waals surface area contributed by atoms with Crippen molar-refractivity contribution in [2.75, 3.05) is 64.4 Å². The molecular formula is C32H45N9O2. The fourth-order valence-electron chi connectivity index (χ4n) is 6.54. The summed E-state index contributed by atoms with van der Waals surface area (Å²) in [5, 5.41) is 16.0. The van der Waals surface area contributed by atoms with Crippen LogP contribution in [0.3, 0.4) is 0 Å². The second-order valence-electron chi connectivity index (χ2n) is 12.8. The number of carbonyl (C=O) groups is 1. The van der Waals surface area contributed by atoms with Gasteiger partial charge in [0.05, 0.1) is 35.3 Å². The highest BCUT2D eigenvalue weighted by molar-refractivity contribution is 6.00. The van der Waals surface area contributed by atoms with Crippen molar-refractivity contribution in [1.29, 1.82) is 0 Å². The Morgan fingerprint density at radius 2 is 2.00 bits per heavy atom. The summed E-state index contributed by atoms with van der Waals surface area (Å²) in [6.45, 7) is 15.3. The van der Waals surface area contributed by atoms with Gasteiger partial charge in [-0.2, -0.15) is 5.10 Å². The predicted molar refractivity (Wildman–Crippen MR) is 170 cm³/mol. The maximum Gasteiger partial charge on any atom is 0.227 e. The smallest absolute Gasteiger partial charge is 0.227 e. The number of nitrogens with one attached hydrogen (secondary N) is 2. The number of aromatic amines is 1. The van der Waals surface area contributed by atoms with Crippen LogP contribution in [-0.2, 0) is 4.79 Å². The van der Waals surface area contributed by atoms with Gasteiger partial charge in [0, 0.05) is 69.2 Å². The number of carbonyl (C=O) groups excluding carboxylic acids is 1. The first-order valence-corrected chi connectivity index (χ1v) is 15.7. The molecule has 1 atom stereocenters. The van der Waals surface area contributed by atoms with Crippen LogP contribution < -0.4 is 15.0 Å². The van der Waals surface area contributed by atoms with E-state index < -0.39 is 0 Å². The molecule has 1 amide bonds. The van der Waals surface area contributed by atoms with Crippen molar-refractivity contribution in [3.63, 3.8) is 0 Å². The molecule has 4 aromatic heterocycles. The Morgan fingerprint density at radius 1 is 1.19 bits per heavy atom. The molecule has 0 saturated carbocycles. The molecule has 2 aliphatic heterocycles. The molecule has 43 heavy (non-hydrogen) atoms. The lowest BCUT2D eigenvalue weighted by Crippen LogP contribution is -2.58. The summed E-state index contributed by atoms with van der Waals surface area (Å²) < 4.78 is 7.70. The van der Waals surface area contributed by atoms with Crippen LogP contribution in [0.4, 0.5) is 5.82 Å². The molecule has 0 aliphatic carbocycles. The Kier molecular flexibility index (Phi) is 8.28. The number of likely N-dealkylation sites (N-methyl/N-ethyl adjacent to an activating group) is 1. The molecule has 0 aromatic carbocycles. The van der Waals surface area contributed by atoms with E-state index in [-0.39, 0.29) is 11.3 Å². The fraction of sp³-hybridized carbons (Fsp3) is 0.562. The number of H-pyrrole nitrogens is 1. The lowest BCUT2D eigenvalue weighted by Gasteiger charge is -2.46. The zero-order valence-electron chi connectivity index (χ0n) is 26.1. The molecule has 230 valence electrons. The van der Waals surface area contributed by atoms with Gasteiger partial charge in [-0.25, -0.2) is 9.50 Å². The lowest BCUT2D eigenvalue weighted by molar-refractivity contribution is -0.134. The van der Waals surface area contributed by atoms with Gasteiger partial charge in [-0.05, 0) is 57.9 Å². The maximum absolute atomic E-state index is 13.7. The zero-order chi connectivity index (χ0) is 30.1.